The van der Waals surface area contributed by atoms with Crippen molar-refractivity contribution in [2.24, 2.45) is 10.3 Å². The van der Waals surface area contributed by atoms with Crippen LogP contribution in [0.25, 0.3) is 0 Å². The van der Waals surface area contributed by atoms with Crippen LogP contribution in [0.15, 0.2) is 34.7 Å². The molecule has 0 aliphatic carbocycles. The first-order chi connectivity index (χ1) is 8.41. The van der Waals surface area contributed by atoms with Crippen LogP contribution in [0, 0.1) is 5.92 Å². The molecule has 1 rings (SSSR count). The lowest BCUT2D eigenvalue weighted by atomic mass is 10.2. The minimum atomic E-state index is -2.71. The maximum absolute atomic E-state index is 12.5. The maximum Gasteiger partial charge on any atom is 0.317 e. The highest BCUT2D eigenvalue weighted by Gasteiger charge is 2.15. The van der Waals surface area contributed by atoms with Crippen molar-refractivity contribution in [3.63, 3.8) is 0 Å². The second kappa shape index (κ2) is 6.54. The van der Waals surface area contributed by atoms with Crippen LogP contribution in [0.4, 0.5) is 0 Å². The molecule has 1 unspecified atom stereocenters. The molecular formula is C13H19NO3S. The lowest BCUT2D eigenvalue weighted by Crippen LogP contribution is -2.18. The summed E-state index contributed by atoms with van der Waals surface area (Å²) in [5.41, 5.74) is 0.858. The molecule has 0 aliphatic rings. The van der Waals surface area contributed by atoms with Gasteiger partial charge in [0, 0.05) is 0 Å². The second-order valence-electron chi connectivity index (χ2n) is 4.65. The van der Waals surface area contributed by atoms with Crippen LogP contribution < -0.4 is 0 Å². The lowest BCUT2D eigenvalue weighted by Gasteiger charge is -2.09. The molecule has 0 saturated heterocycles. The van der Waals surface area contributed by atoms with Gasteiger partial charge in [-0.15, -0.1) is 0 Å². The van der Waals surface area contributed by atoms with Crippen LogP contribution in [-0.4, -0.2) is 27.6 Å². The number of benzene rings is 1. The van der Waals surface area contributed by atoms with Gasteiger partial charge in [0.15, 0.2) is 0 Å². The summed E-state index contributed by atoms with van der Waals surface area (Å²) in [4.78, 5) is 10.8. The molecule has 0 fully saturated rings. The Bertz CT molecular complexity index is 502. The van der Waals surface area contributed by atoms with Crippen LogP contribution in [-0.2, 0) is 20.3 Å². The number of carbonyl (C=O) groups is 1. The number of nitrogens with zero attached hydrogens (tertiary/aromatic N) is 1. The van der Waals surface area contributed by atoms with E-state index < -0.39 is 21.5 Å². The Morgan fingerprint density at radius 2 is 1.94 bits per heavy atom. The van der Waals surface area contributed by atoms with Crippen molar-refractivity contribution >= 4 is 15.7 Å². The summed E-state index contributed by atoms with van der Waals surface area (Å²) in [5, 5.41) is 8.85. The largest absolute Gasteiger partial charge is 0.481 e. The third-order valence-electron chi connectivity index (χ3n) is 2.26. The van der Waals surface area contributed by atoms with Crippen LogP contribution in [0.5, 0.6) is 0 Å². The molecule has 5 heteroatoms. The zero-order chi connectivity index (χ0) is 13.6. The molecule has 4 nitrogen and oxygen atoms in total. The summed E-state index contributed by atoms with van der Waals surface area (Å²) in [6.07, 6.45) is 0. The summed E-state index contributed by atoms with van der Waals surface area (Å²) >= 11 is 0. The summed E-state index contributed by atoms with van der Waals surface area (Å²) in [7, 11) is -2.71. The van der Waals surface area contributed by atoms with E-state index in [1.54, 1.807) is 0 Å². The van der Waals surface area contributed by atoms with Gasteiger partial charge in [-0.3, -0.25) is 4.79 Å². The molecule has 0 heterocycles. The standard InChI is InChI=1S/C13H19NO3S/c1-11(2)8-14-18(17,10-13(15)16)9-12-6-4-3-5-7-12/h3-7,11H,8-10H2,1-2H3,(H,15,16). The summed E-state index contributed by atoms with van der Waals surface area (Å²) in [5.74, 6) is -0.986. The number of hydrogen-bond donors (Lipinski definition) is 1. The van der Waals surface area contributed by atoms with E-state index in [-0.39, 0.29) is 11.7 Å². The molecule has 0 radical (unpaired) electrons. The van der Waals surface area contributed by atoms with Crippen molar-refractivity contribution in [1.82, 2.24) is 0 Å². The summed E-state index contributed by atoms with van der Waals surface area (Å²) < 4.78 is 16.7. The van der Waals surface area contributed by atoms with Crippen LogP contribution in [0.3, 0.4) is 0 Å². The molecule has 0 saturated carbocycles. The molecular weight excluding hydrogens is 250 g/mol. The number of carboxylic acid groups (broad SMARTS) is 1. The summed E-state index contributed by atoms with van der Waals surface area (Å²) in [6, 6.07) is 9.24. The van der Waals surface area contributed by atoms with Crippen molar-refractivity contribution in [3.05, 3.63) is 35.9 Å². The van der Waals surface area contributed by atoms with Gasteiger partial charge in [0.1, 0.15) is 5.75 Å². The Balaban J connectivity index is 2.95. The minimum absolute atomic E-state index is 0.201. The predicted octanol–water partition coefficient (Wildman–Crippen LogP) is 2.40. The Hall–Kier alpha value is -1.36. The molecule has 1 aromatic carbocycles. The fourth-order valence-electron chi connectivity index (χ4n) is 1.45. The van der Waals surface area contributed by atoms with Gasteiger partial charge in [-0.25, -0.2) is 8.57 Å². The van der Waals surface area contributed by atoms with Crippen molar-refractivity contribution in [3.8, 4) is 0 Å². The van der Waals surface area contributed by atoms with Crippen LogP contribution in [0.1, 0.15) is 19.4 Å². The molecule has 1 N–H and O–H groups in total. The van der Waals surface area contributed by atoms with E-state index in [1.807, 2.05) is 44.2 Å². The average molecular weight is 269 g/mol. The van der Waals surface area contributed by atoms with E-state index in [1.165, 1.54) is 0 Å². The highest BCUT2D eigenvalue weighted by Crippen LogP contribution is 2.10. The Morgan fingerprint density at radius 1 is 1.33 bits per heavy atom. The smallest absolute Gasteiger partial charge is 0.317 e. The van der Waals surface area contributed by atoms with E-state index >= 15 is 0 Å². The number of hydrogen-bond acceptors (Lipinski definition) is 3. The Morgan fingerprint density at radius 3 is 2.44 bits per heavy atom. The first kappa shape index (κ1) is 14.7. The van der Waals surface area contributed by atoms with Gasteiger partial charge in [-0.05, 0) is 11.5 Å². The van der Waals surface area contributed by atoms with Gasteiger partial charge in [0.25, 0.3) is 0 Å². The fraction of sp³-hybridized carbons (Fsp3) is 0.462. The molecule has 0 aromatic heterocycles. The van der Waals surface area contributed by atoms with Crippen molar-refractivity contribution < 1.29 is 14.1 Å². The molecule has 0 aliphatic heterocycles. The third-order valence-corrected chi connectivity index (χ3v) is 4.36. The predicted molar refractivity (Wildman–Crippen MR) is 72.9 cm³/mol. The molecule has 1 aromatic rings. The molecule has 100 valence electrons. The monoisotopic (exact) mass is 269 g/mol. The molecule has 1 atom stereocenters. The van der Waals surface area contributed by atoms with Crippen molar-refractivity contribution in [2.75, 3.05) is 12.3 Å². The zero-order valence-electron chi connectivity index (χ0n) is 10.7. The fourth-order valence-corrected chi connectivity index (χ4v) is 3.41. The Kier molecular flexibility index (Phi) is 5.34. The molecule has 0 amide bonds. The van der Waals surface area contributed by atoms with Gasteiger partial charge >= 0.3 is 5.97 Å². The quantitative estimate of drug-likeness (QED) is 0.862. The van der Waals surface area contributed by atoms with E-state index in [9.17, 15) is 9.00 Å². The summed E-state index contributed by atoms with van der Waals surface area (Å²) in [6.45, 7) is 4.36. The maximum atomic E-state index is 12.5. The van der Waals surface area contributed by atoms with Crippen molar-refractivity contribution in [2.45, 2.75) is 19.6 Å². The molecule has 0 spiro atoms. The minimum Gasteiger partial charge on any atom is -0.481 e. The van der Waals surface area contributed by atoms with E-state index in [0.717, 1.165) is 5.56 Å². The first-order valence-electron chi connectivity index (χ1n) is 5.85. The highest BCUT2D eigenvalue weighted by molar-refractivity contribution is 7.93. The average Bonchev–Trinajstić information content (AvgIpc) is 2.27. The van der Waals surface area contributed by atoms with Gasteiger partial charge in [0.2, 0.25) is 0 Å². The van der Waals surface area contributed by atoms with E-state index in [2.05, 4.69) is 4.36 Å². The van der Waals surface area contributed by atoms with Crippen LogP contribution in [0.2, 0.25) is 0 Å². The van der Waals surface area contributed by atoms with Gasteiger partial charge in [-0.2, -0.15) is 0 Å². The first-order valence-corrected chi connectivity index (χ1v) is 7.70. The second-order valence-corrected chi connectivity index (χ2v) is 7.03. The SMILES string of the molecule is CC(C)CN=S(=O)(CC(=O)O)Cc1ccccc1. The third kappa shape index (κ3) is 5.31. The molecule has 18 heavy (non-hydrogen) atoms. The number of aliphatic carboxylic acids is 1. The van der Waals surface area contributed by atoms with Crippen molar-refractivity contribution in [1.29, 1.82) is 0 Å². The highest BCUT2D eigenvalue weighted by atomic mass is 32.2. The van der Waals surface area contributed by atoms with Crippen LogP contribution >= 0.6 is 0 Å². The van der Waals surface area contributed by atoms with Gasteiger partial charge in [0.05, 0.1) is 22.0 Å². The number of rotatable bonds is 6. The topological polar surface area (TPSA) is 66.7 Å². The van der Waals surface area contributed by atoms with E-state index in [0.29, 0.717) is 6.54 Å². The lowest BCUT2D eigenvalue weighted by molar-refractivity contribution is -0.134. The number of carboxylic acids is 1. The van der Waals surface area contributed by atoms with Gasteiger partial charge in [-0.1, -0.05) is 44.2 Å². The molecule has 0 bridgehead atoms. The normalized spacial score (nSPS) is 14.2. The van der Waals surface area contributed by atoms with E-state index in [4.69, 9.17) is 5.11 Å². The van der Waals surface area contributed by atoms with Gasteiger partial charge < -0.3 is 5.11 Å². The zero-order valence-corrected chi connectivity index (χ0v) is 11.5. The Labute approximate surface area is 108 Å².